The lowest BCUT2D eigenvalue weighted by Gasteiger charge is -2.26. The summed E-state index contributed by atoms with van der Waals surface area (Å²) in [5, 5.41) is 43.5. The van der Waals surface area contributed by atoms with E-state index in [4.69, 9.17) is 15.9 Å². The molecular weight excluding hydrogens is 456 g/mol. The van der Waals surface area contributed by atoms with Crippen molar-refractivity contribution in [2.75, 3.05) is 0 Å². The lowest BCUT2D eigenvalue weighted by molar-refractivity contribution is -0.143. The fourth-order valence-corrected chi connectivity index (χ4v) is 2.84. The van der Waals surface area contributed by atoms with Gasteiger partial charge in [0.1, 0.15) is 18.1 Å². The van der Waals surface area contributed by atoms with Gasteiger partial charge in [0.25, 0.3) is 0 Å². The van der Waals surface area contributed by atoms with E-state index < -0.39 is 85.2 Å². The fraction of sp³-hybridized carbons (Fsp3) is 0.700. The van der Waals surface area contributed by atoms with Crippen LogP contribution in [0.3, 0.4) is 0 Å². The van der Waals surface area contributed by atoms with Gasteiger partial charge in [-0.3, -0.25) is 24.0 Å². The number of aliphatic hydroxyl groups is 1. The van der Waals surface area contributed by atoms with Crippen LogP contribution in [0.1, 0.15) is 52.9 Å². The molecule has 0 aliphatic carbocycles. The smallest absolute Gasteiger partial charge is 0.326 e. The van der Waals surface area contributed by atoms with E-state index in [2.05, 4.69) is 16.0 Å². The summed E-state index contributed by atoms with van der Waals surface area (Å²) >= 11 is 0. The molecule has 0 aliphatic heterocycles. The Morgan fingerprint density at radius 3 is 1.68 bits per heavy atom. The number of rotatable bonds is 16. The van der Waals surface area contributed by atoms with Gasteiger partial charge in [-0.25, -0.2) is 4.79 Å². The number of nitrogens with one attached hydrogen (secondary N) is 3. The first-order valence-electron chi connectivity index (χ1n) is 10.7. The SMILES string of the molecule is CC(C)C[C@H](NC(=O)[C@@H](NC(=O)[C@H](CCC(=O)O)NC(=O)[C@@H](N)CCC(=O)O)[C@@H](C)O)C(=O)O. The summed E-state index contributed by atoms with van der Waals surface area (Å²) in [4.78, 5) is 70.5. The lowest BCUT2D eigenvalue weighted by atomic mass is 10.0. The van der Waals surface area contributed by atoms with Crippen LogP contribution >= 0.6 is 0 Å². The topological polar surface area (TPSA) is 245 Å². The minimum absolute atomic E-state index is 0.0815. The van der Waals surface area contributed by atoms with Gasteiger partial charge in [0.15, 0.2) is 0 Å². The van der Waals surface area contributed by atoms with Crippen LogP contribution in [-0.4, -0.2) is 86.3 Å². The van der Waals surface area contributed by atoms with Crippen molar-refractivity contribution in [3.63, 3.8) is 0 Å². The Labute approximate surface area is 196 Å². The molecule has 14 heteroatoms. The highest BCUT2D eigenvalue weighted by Gasteiger charge is 2.33. The van der Waals surface area contributed by atoms with Gasteiger partial charge in [-0.05, 0) is 32.1 Å². The molecule has 9 N–H and O–H groups in total. The van der Waals surface area contributed by atoms with Crippen LogP contribution in [0.25, 0.3) is 0 Å². The van der Waals surface area contributed by atoms with E-state index in [-0.39, 0.29) is 18.8 Å². The second-order valence-corrected chi connectivity index (χ2v) is 8.29. The molecule has 0 aromatic heterocycles. The van der Waals surface area contributed by atoms with Crippen molar-refractivity contribution >= 4 is 35.6 Å². The van der Waals surface area contributed by atoms with Crippen LogP contribution in [-0.2, 0) is 28.8 Å². The highest BCUT2D eigenvalue weighted by atomic mass is 16.4. The predicted octanol–water partition coefficient (Wildman–Crippen LogP) is -1.99. The lowest BCUT2D eigenvalue weighted by Crippen LogP contribution is -2.60. The van der Waals surface area contributed by atoms with Crippen LogP contribution in [0.2, 0.25) is 0 Å². The number of nitrogens with two attached hydrogens (primary N) is 1. The Bertz CT molecular complexity index is 756. The number of carbonyl (C=O) groups is 6. The molecule has 0 aliphatic rings. The largest absolute Gasteiger partial charge is 0.481 e. The number of hydrogen-bond donors (Lipinski definition) is 8. The third-order valence-electron chi connectivity index (χ3n) is 4.67. The second kappa shape index (κ2) is 14.8. The van der Waals surface area contributed by atoms with E-state index in [1.54, 1.807) is 13.8 Å². The number of carbonyl (C=O) groups excluding carboxylic acids is 3. The van der Waals surface area contributed by atoms with E-state index >= 15 is 0 Å². The molecule has 0 saturated carbocycles. The van der Waals surface area contributed by atoms with Gasteiger partial charge in [-0.15, -0.1) is 0 Å². The summed E-state index contributed by atoms with van der Waals surface area (Å²) in [6.07, 6.45) is -2.95. The zero-order valence-electron chi connectivity index (χ0n) is 19.3. The monoisotopic (exact) mass is 490 g/mol. The fourth-order valence-electron chi connectivity index (χ4n) is 2.84. The first kappa shape index (κ1) is 30.7. The molecule has 0 heterocycles. The third kappa shape index (κ3) is 12.1. The Kier molecular flexibility index (Phi) is 13.4. The van der Waals surface area contributed by atoms with Crippen molar-refractivity contribution in [1.29, 1.82) is 0 Å². The highest BCUT2D eigenvalue weighted by Crippen LogP contribution is 2.07. The minimum Gasteiger partial charge on any atom is -0.481 e. The van der Waals surface area contributed by atoms with E-state index in [0.717, 1.165) is 0 Å². The van der Waals surface area contributed by atoms with Crippen LogP contribution in [0, 0.1) is 5.92 Å². The molecule has 0 rings (SSSR count). The number of aliphatic hydroxyl groups excluding tert-OH is 1. The van der Waals surface area contributed by atoms with E-state index in [1.165, 1.54) is 6.92 Å². The van der Waals surface area contributed by atoms with E-state index in [1.807, 2.05) is 0 Å². The minimum atomic E-state index is -1.61. The maximum Gasteiger partial charge on any atom is 0.326 e. The van der Waals surface area contributed by atoms with Gasteiger partial charge in [-0.1, -0.05) is 13.8 Å². The summed E-state index contributed by atoms with van der Waals surface area (Å²) in [6.45, 7) is 4.66. The number of carboxylic acid groups (broad SMARTS) is 3. The Morgan fingerprint density at radius 2 is 1.24 bits per heavy atom. The average Bonchev–Trinajstić information content (AvgIpc) is 2.71. The van der Waals surface area contributed by atoms with Crippen molar-refractivity contribution in [3.05, 3.63) is 0 Å². The molecule has 0 aromatic rings. The summed E-state index contributed by atoms with van der Waals surface area (Å²) < 4.78 is 0. The number of amides is 3. The van der Waals surface area contributed by atoms with Crippen molar-refractivity contribution in [2.45, 2.75) is 83.1 Å². The maximum atomic E-state index is 12.7. The van der Waals surface area contributed by atoms with Crippen molar-refractivity contribution in [3.8, 4) is 0 Å². The molecule has 0 radical (unpaired) electrons. The molecule has 3 amide bonds. The van der Waals surface area contributed by atoms with Gasteiger partial charge in [-0.2, -0.15) is 0 Å². The molecule has 5 atom stereocenters. The molecule has 14 nitrogen and oxygen atoms in total. The molecule has 0 spiro atoms. The summed E-state index contributed by atoms with van der Waals surface area (Å²) in [5.74, 6) is -6.76. The van der Waals surface area contributed by atoms with Crippen LogP contribution in [0.5, 0.6) is 0 Å². The average molecular weight is 491 g/mol. The quantitative estimate of drug-likeness (QED) is 0.118. The van der Waals surface area contributed by atoms with E-state index in [9.17, 15) is 39.0 Å². The van der Waals surface area contributed by atoms with Gasteiger partial charge in [0, 0.05) is 12.8 Å². The highest BCUT2D eigenvalue weighted by molar-refractivity contribution is 5.94. The van der Waals surface area contributed by atoms with Crippen molar-refractivity contribution < 1.29 is 49.2 Å². The molecule has 0 bridgehead atoms. The molecule has 194 valence electrons. The zero-order chi connectivity index (χ0) is 26.6. The van der Waals surface area contributed by atoms with Gasteiger partial charge in [0.2, 0.25) is 17.7 Å². The van der Waals surface area contributed by atoms with Crippen LogP contribution in [0.15, 0.2) is 0 Å². The van der Waals surface area contributed by atoms with Gasteiger partial charge in [0.05, 0.1) is 12.1 Å². The number of hydrogen-bond acceptors (Lipinski definition) is 8. The first-order chi connectivity index (χ1) is 15.6. The third-order valence-corrected chi connectivity index (χ3v) is 4.67. The molecule has 0 fully saturated rings. The standard InChI is InChI=1S/C20H34N4O10/c1-9(2)8-13(20(33)34)23-19(32)16(10(3)25)24-18(31)12(5-7-15(28)29)22-17(30)11(21)4-6-14(26)27/h9-13,16,25H,4-8,21H2,1-3H3,(H,22,30)(H,23,32)(H,24,31)(H,26,27)(H,28,29)(H,33,34)/t10-,11+,12+,13+,16+/m1/s1. The summed E-state index contributed by atoms with van der Waals surface area (Å²) in [6, 6.07) is -5.65. The van der Waals surface area contributed by atoms with Gasteiger partial charge < -0.3 is 42.1 Å². The zero-order valence-corrected chi connectivity index (χ0v) is 19.3. The van der Waals surface area contributed by atoms with Crippen LogP contribution < -0.4 is 21.7 Å². The Morgan fingerprint density at radius 1 is 0.735 bits per heavy atom. The predicted molar refractivity (Wildman–Crippen MR) is 116 cm³/mol. The number of carboxylic acids is 3. The Hall–Kier alpha value is -3.26. The molecule has 0 unspecified atom stereocenters. The normalized spacial score (nSPS) is 15.4. The van der Waals surface area contributed by atoms with Gasteiger partial charge >= 0.3 is 17.9 Å². The first-order valence-corrected chi connectivity index (χ1v) is 10.7. The second-order valence-electron chi connectivity index (χ2n) is 8.29. The summed E-state index contributed by atoms with van der Waals surface area (Å²) in [5.41, 5.74) is 5.61. The van der Waals surface area contributed by atoms with Crippen molar-refractivity contribution in [1.82, 2.24) is 16.0 Å². The number of aliphatic carboxylic acids is 3. The molecule has 0 saturated heterocycles. The molecule has 0 aromatic carbocycles. The van der Waals surface area contributed by atoms with E-state index in [0.29, 0.717) is 0 Å². The van der Waals surface area contributed by atoms with Crippen LogP contribution in [0.4, 0.5) is 0 Å². The van der Waals surface area contributed by atoms with Crippen molar-refractivity contribution in [2.24, 2.45) is 11.7 Å². The Balaban J connectivity index is 5.47. The maximum absolute atomic E-state index is 12.7. The molecule has 34 heavy (non-hydrogen) atoms. The molecular formula is C20H34N4O10. The summed E-state index contributed by atoms with van der Waals surface area (Å²) in [7, 11) is 0.